The Hall–Kier alpha value is -4.67. The summed E-state index contributed by atoms with van der Waals surface area (Å²) in [4.78, 5) is 53.3. The van der Waals surface area contributed by atoms with Crippen molar-refractivity contribution in [3.8, 4) is 11.8 Å². The molecule has 0 radical (unpaired) electrons. The number of imidazole rings is 1. The minimum atomic E-state index is -5.00. The van der Waals surface area contributed by atoms with Crippen LogP contribution in [0.3, 0.4) is 0 Å². The van der Waals surface area contributed by atoms with E-state index in [2.05, 4.69) is 33.5 Å². The SMILES string of the molecule is C=Nc1ccccc1/C(C)=N\CCn1c(=O)c2c(nc(N3CCCC(NC(=O)C(F)(F)F)C3)n2CC#CC)n(C)c1=O. The molecule has 0 bridgehead atoms. The number of aromatic nitrogens is 4. The van der Waals surface area contributed by atoms with E-state index in [1.165, 1.54) is 11.6 Å². The van der Waals surface area contributed by atoms with Gasteiger partial charge in [-0.15, -0.1) is 5.92 Å². The van der Waals surface area contributed by atoms with Gasteiger partial charge in [-0.2, -0.15) is 18.2 Å². The number of alkyl halides is 3. The predicted octanol–water partition coefficient (Wildman–Crippen LogP) is 2.41. The largest absolute Gasteiger partial charge is 0.471 e. The molecule has 0 aliphatic carbocycles. The molecule has 3 heterocycles. The van der Waals surface area contributed by atoms with Crippen molar-refractivity contribution in [1.82, 2.24) is 24.0 Å². The van der Waals surface area contributed by atoms with Gasteiger partial charge < -0.3 is 10.2 Å². The molecule has 1 aliphatic rings. The zero-order chi connectivity index (χ0) is 30.6. The molecule has 11 nitrogen and oxygen atoms in total. The second kappa shape index (κ2) is 12.5. The normalized spacial score (nSPS) is 15.8. The third-order valence-corrected chi connectivity index (χ3v) is 7.06. The van der Waals surface area contributed by atoms with E-state index in [0.717, 1.165) is 10.1 Å². The van der Waals surface area contributed by atoms with E-state index in [0.29, 0.717) is 30.8 Å². The first-order chi connectivity index (χ1) is 20.0. The molecule has 1 aliphatic heterocycles. The molecular weight excluding hydrogens is 553 g/mol. The van der Waals surface area contributed by atoms with Crippen molar-refractivity contribution in [3.05, 3.63) is 50.7 Å². The molecule has 3 aromatic rings. The molecule has 42 heavy (non-hydrogen) atoms. The Morgan fingerprint density at radius 1 is 1.24 bits per heavy atom. The summed E-state index contributed by atoms with van der Waals surface area (Å²) in [7, 11) is 1.50. The van der Waals surface area contributed by atoms with Crippen molar-refractivity contribution >= 4 is 41.1 Å². The number of aryl methyl sites for hydroxylation is 1. The highest BCUT2D eigenvalue weighted by molar-refractivity contribution is 6.03. The molecule has 1 fully saturated rings. The van der Waals surface area contributed by atoms with Crippen molar-refractivity contribution in [2.45, 2.75) is 52.0 Å². The Labute approximate surface area is 239 Å². The summed E-state index contributed by atoms with van der Waals surface area (Å²) < 4.78 is 42.4. The van der Waals surface area contributed by atoms with Gasteiger partial charge in [0.15, 0.2) is 11.2 Å². The van der Waals surface area contributed by atoms with E-state index >= 15 is 0 Å². The number of para-hydroxylation sites is 1. The molecule has 14 heteroatoms. The second-order valence-corrected chi connectivity index (χ2v) is 9.79. The third kappa shape index (κ3) is 6.14. The van der Waals surface area contributed by atoms with Crippen LogP contribution in [-0.2, 0) is 24.9 Å². The van der Waals surface area contributed by atoms with Gasteiger partial charge in [-0.25, -0.2) is 4.79 Å². The van der Waals surface area contributed by atoms with Crippen molar-refractivity contribution < 1.29 is 18.0 Å². The van der Waals surface area contributed by atoms with E-state index in [9.17, 15) is 27.6 Å². The number of fused-ring (bicyclic) bond motifs is 1. The van der Waals surface area contributed by atoms with E-state index in [4.69, 9.17) is 0 Å². The average molecular weight is 585 g/mol. The fourth-order valence-electron chi connectivity index (χ4n) is 4.97. The Morgan fingerprint density at radius 3 is 2.67 bits per heavy atom. The van der Waals surface area contributed by atoms with Crippen LogP contribution in [0.2, 0.25) is 0 Å². The number of halogens is 3. The van der Waals surface area contributed by atoms with E-state index in [1.54, 1.807) is 16.4 Å². The van der Waals surface area contributed by atoms with Crippen LogP contribution >= 0.6 is 0 Å². The number of nitrogens with zero attached hydrogens (tertiary/aromatic N) is 7. The molecular formula is C28H31F3N8O3. The van der Waals surface area contributed by atoms with Crippen LogP contribution in [0.1, 0.15) is 32.3 Å². The number of rotatable bonds is 8. The fraction of sp³-hybridized carbons (Fsp3) is 0.429. The average Bonchev–Trinajstić information content (AvgIpc) is 3.36. The summed E-state index contributed by atoms with van der Waals surface area (Å²) in [5.74, 6) is 3.96. The first kappa shape index (κ1) is 30.3. The third-order valence-electron chi connectivity index (χ3n) is 7.06. The summed E-state index contributed by atoms with van der Waals surface area (Å²) in [6.07, 6.45) is -4.16. The maximum atomic E-state index is 13.7. The summed E-state index contributed by atoms with van der Waals surface area (Å²) >= 11 is 0. The molecule has 0 saturated carbocycles. The lowest BCUT2D eigenvalue weighted by atomic mass is 10.1. The molecule has 1 saturated heterocycles. The zero-order valence-corrected chi connectivity index (χ0v) is 23.5. The molecule has 1 atom stereocenters. The fourth-order valence-corrected chi connectivity index (χ4v) is 4.97. The first-order valence-corrected chi connectivity index (χ1v) is 13.3. The Kier molecular flexibility index (Phi) is 8.99. The van der Waals surface area contributed by atoms with Gasteiger partial charge in [0.1, 0.15) is 0 Å². The second-order valence-electron chi connectivity index (χ2n) is 9.79. The lowest BCUT2D eigenvalue weighted by Crippen LogP contribution is -2.51. The topological polar surface area (TPSA) is 119 Å². The van der Waals surface area contributed by atoms with Crippen LogP contribution in [-0.4, -0.2) is 68.9 Å². The number of carbonyl (C=O) groups excluding carboxylic acids is 1. The Balaban J connectivity index is 1.70. The number of anilines is 1. The highest BCUT2D eigenvalue weighted by Gasteiger charge is 2.40. The number of carbonyl (C=O) groups is 1. The molecule has 4 rings (SSSR count). The van der Waals surface area contributed by atoms with Gasteiger partial charge >= 0.3 is 17.8 Å². The van der Waals surface area contributed by atoms with Gasteiger partial charge in [0.2, 0.25) is 5.95 Å². The highest BCUT2D eigenvalue weighted by atomic mass is 19.4. The van der Waals surface area contributed by atoms with E-state index in [1.807, 2.05) is 36.5 Å². The van der Waals surface area contributed by atoms with Crippen LogP contribution in [0.4, 0.5) is 24.8 Å². The van der Waals surface area contributed by atoms with E-state index in [-0.39, 0.29) is 43.3 Å². The van der Waals surface area contributed by atoms with E-state index < -0.39 is 29.4 Å². The summed E-state index contributed by atoms with van der Waals surface area (Å²) in [6.45, 7) is 7.69. The Bertz CT molecular complexity index is 1720. The standard InChI is InChI=1S/C28H31F3N8O3/c1-5-6-15-38-22-23(35-26(38)37-14-9-10-19(17-37)34-25(41)28(29,30)31)36(4)27(42)39(24(22)40)16-13-33-18(2)20-11-7-8-12-21(20)32-3/h7-8,11-12,19H,3,9-10,13-17H2,1-2,4H3,(H,34,41)/b33-18-. The maximum Gasteiger partial charge on any atom is 0.471 e. The number of amides is 1. The number of aliphatic imine (C=N–C) groups is 2. The minimum Gasteiger partial charge on any atom is -0.344 e. The lowest BCUT2D eigenvalue weighted by Gasteiger charge is -2.34. The summed E-state index contributed by atoms with van der Waals surface area (Å²) in [5.41, 5.74) is 1.23. The molecule has 1 N–H and O–H groups in total. The molecule has 1 aromatic carbocycles. The van der Waals surface area contributed by atoms with Crippen LogP contribution < -0.4 is 21.5 Å². The molecule has 2 aromatic heterocycles. The van der Waals surface area contributed by atoms with Crippen LogP contribution in [0.5, 0.6) is 0 Å². The molecule has 0 spiro atoms. The van der Waals surface area contributed by atoms with Gasteiger partial charge in [-0.05, 0) is 39.5 Å². The monoisotopic (exact) mass is 584 g/mol. The van der Waals surface area contributed by atoms with Crippen LogP contribution in [0.15, 0.2) is 43.8 Å². The smallest absolute Gasteiger partial charge is 0.344 e. The summed E-state index contributed by atoms with van der Waals surface area (Å²) in [5, 5.41) is 2.03. The lowest BCUT2D eigenvalue weighted by molar-refractivity contribution is -0.174. The van der Waals surface area contributed by atoms with Crippen molar-refractivity contribution in [2.75, 3.05) is 24.5 Å². The predicted molar refractivity (Wildman–Crippen MR) is 155 cm³/mol. The number of hydrogen-bond donors (Lipinski definition) is 1. The maximum absolute atomic E-state index is 13.7. The van der Waals surface area contributed by atoms with Crippen molar-refractivity contribution in [1.29, 1.82) is 0 Å². The van der Waals surface area contributed by atoms with Gasteiger partial charge in [-0.1, -0.05) is 24.1 Å². The number of piperidine rings is 1. The number of nitrogens with one attached hydrogen (secondary N) is 1. The van der Waals surface area contributed by atoms with Crippen molar-refractivity contribution in [3.63, 3.8) is 0 Å². The van der Waals surface area contributed by atoms with Gasteiger partial charge in [0.25, 0.3) is 5.56 Å². The number of hydrogen-bond acceptors (Lipinski definition) is 7. The highest BCUT2D eigenvalue weighted by Crippen LogP contribution is 2.24. The van der Waals surface area contributed by atoms with Gasteiger partial charge in [-0.3, -0.25) is 33.3 Å². The van der Waals surface area contributed by atoms with Crippen LogP contribution in [0.25, 0.3) is 11.2 Å². The number of benzene rings is 1. The van der Waals surface area contributed by atoms with Crippen LogP contribution in [0, 0.1) is 11.8 Å². The zero-order valence-electron chi connectivity index (χ0n) is 23.5. The minimum absolute atomic E-state index is 0.00228. The van der Waals surface area contributed by atoms with Crippen molar-refractivity contribution in [2.24, 2.45) is 17.0 Å². The summed E-state index contributed by atoms with van der Waals surface area (Å²) in [6, 6.07) is 6.57. The van der Waals surface area contributed by atoms with Gasteiger partial charge in [0, 0.05) is 37.5 Å². The molecule has 1 unspecified atom stereocenters. The first-order valence-electron chi connectivity index (χ1n) is 13.3. The Morgan fingerprint density at radius 2 is 1.98 bits per heavy atom. The van der Waals surface area contributed by atoms with Gasteiger partial charge in [0.05, 0.1) is 25.3 Å². The quantitative estimate of drug-likeness (QED) is 0.322. The molecule has 1 amide bonds. The molecule has 222 valence electrons.